The summed E-state index contributed by atoms with van der Waals surface area (Å²) in [6.45, 7) is 12.5. The van der Waals surface area contributed by atoms with E-state index >= 15 is 0 Å². The molecule has 5 heteroatoms. The van der Waals surface area contributed by atoms with Gasteiger partial charge in [-0.2, -0.15) is 0 Å². The summed E-state index contributed by atoms with van der Waals surface area (Å²) in [5, 5.41) is 12.3. The van der Waals surface area contributed by atoms with Gasteiger partial charge < -0.3 is 24.8 Å². The minimum Gasteiger partial charge on any atom is -0.491 e. The Kier molecular flexibility index (Phi) is 6.84. The monoisotopic (exact) mass is 324 g/mol. The number of rotatable bonds is 8. The van der Waals surface area contributed by atoms with Crippen molar-refractivity contribution in [2.75, 3.05) is 46.0 Å². The maximum absolute atomic E-state index is 10.1. The van der Waals surface area contributed by atoms with Crippen LogP contribution in [0.5, 0.6) is 5.75 Å². The zero-order valence-corrected chi connectivity index (χ0v) is 14.7. The van der Waals surface area contributed by atoms with Crippen LogP contribution in [0.4, 0.5) is 0 Å². The topological polar surface area (TPSA) is 59.7 Å². The highest BCUT2D eigenvalue weighted by Gasteiger charge is 2.34. The predicted octanol–water partition coefficient (Wildman–Crippen LogP) is -1.01. The Balaban J connectivity index is 1.66. The predicted molar refractivity (Wildman–Crippen MR) is 89.9 cm³/mol. The Morgan fingerprint density at radius 2 is 2.09 bits per heavy atom. The van der Waals surface area contributed by atoms with Crippen molar-refractivity contribution >= 4 is 0 Å². The fraction of sp³-hybridized carbons (Fsp3) is 0.667. The van der Waals surface area contributed by atoms with Crippen molar-refractivity contribution in [3.63, 3.8) is 0 Å². The molecule has 0 aromatic heterocycles. The zero-order valence-electron chi connectivity index (χ0n) is 14.7. The summed E-state index contributed by atoms with van der Waals surface area (Å²) in [5.41, 5.74) is 1.36. The molecule has 0 unspecified atom stereocenters. The van der Waals surface area contributed by atoms with E-state index in [0.29, 0.717) is 13.2 Å². The van der Waals surface area contributed by atoms with Crippen LogP contribution in [-0.2, 0) is 4.74 Å². The lowest BCUT2D eigenvalue weighted by atomic mass is 10.0. The van der Waals surface area contributed by atoms with Crippen LogP contribution in [0.15, 0.2) is 24.3 Å². The SMILES string of the molecule is Cc1cccc(OC[C@@H](O)C[NH2+]CC(C)(C)[NH+]2CCOCC2)c1. The maximum atomic E-state index is 10.1. The Bertz CT molecular complexity index is 473. The molecule has 1 saturated heterocycles. The lowest BCUT2D eigenvalue weighted by Gasteiger charge is -2.36. The number of aliphatic hydroxyl groups excluding tert-OH is 1. The summed E-state index contributed by atoms with van der Waals surface area (Å²) in [6.07, 6.45) is -0.453. The van der Waals surface area contributed by atoms with E-state index in [9.17, 15) is 5.11 Å². The molecule has 1 heterocycles. The van der Waals surface area contributed by atoms with Gasteiger partial charge in [0.25, 0.3) is 0 Å². The van der Waals surface area contributed by atoms with Crippen LogP contribution < -0.4 is 15.0 Å². The summed E-state index contributed by atoms with van der Waals surface area (Å²) in [4.78, 5) is 1.59. The Hall–Kier alpha value is -1.14. The van der Waals surface area contributed by atoms with E-state index in [1.54, 1.807) is 4.90 Å². The van der Waals surface area contributed by atoms with Gasteiger partial charge in [-0.15, -0.1) is 0 Å². The maximum Gasteiger partial charge on any atom is 0.141 e. The molecule has 0 aliphatic carbocycles. The third kappa shape index (κ3) is 6.11. The zero-order chi connectivity index (χ0) is 16.7. The highest BCUT2D eigenvalue weighted by atomic mass is 16.5. The number of hydrogen-bond donors (Lipinski definition) is 3. The molecular formula is C18H32N2O3+2. The van der Waals surface area contributed by atoms with Crippen molar-refractivity contribution in [3.8, 4) is 5.75 Å². The van der Waals surface area contributed by atoms with E-state index in [4.69, 9.17) is 9.47 Å². The van der Waals surface area contributed by atoms with E-state index in [2.05, 4.69) is 19.2 Å². The van der Waals surface area contributed by atoms with Crippen LogP contribution in [0.2, 0.25) is 0 Å². The molecule has 1 aromatic carbocycles. The Morgan fingerprint density at radius 1 is 1.35 bits per heavy atom. The van der Waals surface area contributed by atoms with E-state index in [1.165, 1.54) is 5.56 Å². The first kappa shape index (κ1) is 18.2. The molecule has 1 aromatic rings. The molecule has 0 spiro atoms. The van der Waals surface area contributed by atoms with Gasteiger partial charge in [0, 0.05) is 0 Å². The molecule has 0 radical (unpaired) electrons. The van der Waals surface area contributed by atoms with Crippen LogP contribution in [0.3, 0.4) is 0 Å². The lowest BCUT2D eigenvalue weighted by molar-refractivity contribution is -0.968. The summed E-state index contributed by atoms with van der Waals surface area (Å²) in [7, 11) is 0. The van der Waals surface area contributed by atoms with E-state index < -0.39 is 6.10 Å². The molecule has 1 aliphatic rings. The van der Waals surface area contributed by atoms with Crippen molar-refractivity contribution in [1.82, 2.24) is 0 Å². The number of benzene rings is 1. The first-order valence-electron chi connectivity index (χ1n) is 8.59. The molecule has 1 atom stereocenters. The van der Waals surface area contributed by atoms with Gasteiger partial charge in [-0.05, 0) is 38.5 Å². The molecule has 4 N–H and O–H groups in total. The highest BCUT2D eigenvalue weighted by Crippen LogP contribution is 2.12. The number of aliphatic hydroxyl groups is 1. The van der Waals surface area contributed by atoms with Gasteiger partial charge in [0.1, 0.15) is 50.2 Å². The van der Waals surface area contributed by atoms with E-state index in [1.807, 2.05) is 31.2 Å². The minimum atomic E-state index is -0.453. The number of aryl methyl sites for hydroxylation is 1. The van der Waals surface area contributed by atoms with Crippen molar-refractivity contribution in [2.45, 2.75) is 32.4 Å². The largest absolute Gasteiger partial charge is 0.491 e. The second kappa shape index (κ2) is 8.64. The quantitative estimate of drug-likeness (QED) is 0.574. The summed E-state index contributed by atoms with van der Waals surface area (Å²) < 4.78 is 11.1. The molecule has 5 nitrogen and oxygen atoms in total. The molecule has 1 fully saturated rings. The molecule has 130 valence electrons. The highest BCUT2D eigenvalue weighted by molar-refractivity contribution is 5.27. The molecule has 0 saturated carbocycles. The minimum absolute atomic E-state index is 0.195. The average molecular weight is 324 g/mol. The Labute approximate surface area is 139 Å². The number of quaternary nitrogens is 2. The second-order valence-corrected chi connectivity index (χ2v) is 7.11. The smallest absolute Gasteiger partial charge is 0.141 e. The van der Waals surface area contributed by atoms with E-state index in [-0.39, 0.29) is 5.54 Å². The van der Waals surface area contributed by atoms with Gasteiger partial charge in [0.2, 0.25) is 0 Å². The third-order valence-corrected chi connectivity index (χ3v) is 4.58. The second-order valence-electron chi connectivity index (χ2n) is 7.11. The molecule has 1 aliphatic heterocycles. The normalized spacial score (nSPS) is 17.9. The lowest BCUT2D eigenvalue weighted by Crippen LogP contribution is -3.23. The first-order chi connectivity index (χ1) is 11.0. The molecule has 0 amide bonds. The molecular weight excluding hydrogens is 292 g/mol. The van der Waals surface area contributed by atoms with Gasteiger partial charge in [-0.25, -0.2) is 0 Å². The third-order valence-electron chi connectivity index (χ3n) is 4.58. The van der Waals surface area contributed by atoms with Crippen LogP contribution in [-0.4, -0.2) is 62.7 Å². The van der Waals surface area contributed by atoms with Crippen LogP contribution in [0.25, 0.3) is 0 Å². The molecule has 23 heavy (non-hydrogen) atoms. The fourth-order valence-corrected chi connectivity index (χ4v) is 3.04. The number of nitrogens with two attached hydrogens (primary N) is 1. The van der Waals surface area contributed by atoms with Crippen LogP contribution in [0.1, 0.15) is 19.4 Å². The van der Waals surface area contributed by atoms with Gasteiger partial charge >= 0.3 is 0 Å². The Morgan fingerprint density at radius 3 is 2.78 bits per heavy atom. The number of morpholine rings is 1. The fourth-order valence-electron chi connectivity index (χ4n) is 3.04. The van der Waals surface area contributed by atoms with E-state index in [0.717, 1.165) is 38.6 Å². The standard InChI is InChI=1S/C18H30N2O3/c1-15-5-4-6-17(11-15)23-13-16(21)12-19-14-18(2,3)20-7-9-22-10-8-20/h4-6,11,16,19,21H,7-10,12-14H2,1-3H3/p+2/t16-/m0/s1. The van der Waals surface area contributed by atoms with Crippen molar-refractivity contribution in [2.24, 2.45) is 0 Å². The average Bonchev–Trinajstić information content (AvgIpc) is 2.54. The number of hydrogen-bond acceptors (Lipinski definition) is 3. The first-order valence-corrected chi connectivity index (χ1v) is 8.59. The van der Waals surface area contributed by atoms with Gasteiger partial charge in [0.15, 0.2) is 0 Å². The van der Waals surface area contributed by atoms with Gasteiger partial charge in [-0.1, -0.05) is 12.1 Å². The molecule has 2 rings (SSSR count). The van der Waals surface area contributed by atoms with Crippen molar-refractivity contribution in [1.29, 1.82) is 0 Å². The van der Waals surface area contributed by atoms with Crippen LogP contribution >= 0.6 is 0 Å². The number of nitrogens with one attached hydrogen (secondary N) is 1. The van der Waals surface area contributed by atoms with Gasteiger partial charge in [-0.3, -0.25) is 0 Å². The van der Waals surface area contributed by atoms with Crippen LogP contribution in [0, 0.1) is 6.92 Å². The number of ether oxygens (including phenoxy) is 2. The van der Waals surface area contributed by atoms with Crippen molar-refractivity contribution < 1.29 is 24.8 Å². The van der Waals surface area contributed by atoms with Crippen molar-refractivity contribution in [3.05, 3.63) is 29.8 Å². The summed E-state index contributed by atoms with van der Waals surface area (Å²) >= 11 is 0. The van der Waals surface area contributed by atoms with Gasteiger partial charge in [0.05, 0.1) is 13.2 Å². The summed E-state index contributed by atoms with van der Waals surface area (Å²) in [5.74, 6) is 0.821. The summed E-state index contributed by atoms with van der Waals surface area (Å²) in [6, 6.07) is 7.92. The molecule has 0 bridgehead atoms.